The van der Waals surface area contributed by atoms with E-state index in [0.717, 1.165) is 24.0 Å². The second-order valence-electron chi connectivity index (χ2n) is 4.49. The van der Waals surface area contributed by atoms with Gasteiger partial charge in [-0.15, -0.1) is 0 Å². The summed E-state index contributed by atoms with van der Waals surface area (Å²) >= 11 is 3.65. The number of hydrogen-bond donors (Lipinski definition) is 1. The van der Waals surface area contributed by atoms with Gasteiger partial charge in [-0.3, -0.25) is 4.68 Å². The highest BCUT2D eigenvalue weighted by Gasteiger charge is 2.19. The fraction of sp³-hybridized carbons (Fsp3) is 0.400. The summed E-state index contributed by atoms with van der Waals surface area (Å²) < 4.78 is 3.22. The van der Waals surface area contributed by atoms with E-state index in [9.17, 15) is 0 Å². The number of aromatic nitrogens is 2. The lowest BCUT2D eigenvalue weighted by Gasteiger charge is -2.21. The molecule has 1 atom stereocenters. The molecule has 1 N–H and O–H groups in total. The van der Waals surface area contributed by atoms with Gasteiger partial charge in [0.15, 0.2) is 0 Å². The second-order valence-corrected chi connectivity index (χ2v) is 5.35. The Morgan fingerprint density at radius 2 is 2.05 bits per heavy atom. The molecule has 102 valence electrons. The van der Waals surface area contributed by atoms with Gasteiger partial charge in [0.1, 0.15) is 0 Å². The first-order valence-electron chi connectivity index (χ1n) is 6.77. The zero-order chi connectivity index (χ0) is 13.7. The van der Waals surface area contributed by atoms with Crippen LogP contribution in [0.15, 0.2) is 41.0 Å². The summed E-state index contributed by atoms with van der Waals surface area (Å²) in [5.41, 5.74) is 2.47. The first-order valence-corrected chi connectivity index (χ1v) is 7.56. The van der Waals surface area contributed by atoms with E-state index >= 15 is 0 Å². The molecular weight excluding hydrogens is 302 g/mol. The van der Waals surface area contributed by atoms with Crippen molar-refractivity contribution in [2.45, 2.75) is 32.9 Å². The number of hydrogen-bond acceptors (Lipinski definition) is 2. The van der Waals surface area contributed by atoms with E-state index in [2.05, 4.69) is 69.1 Å². The summed E-state index contributed by atoms with van der Waals surface area (Å²) in [6.45, 7) is 6.18. The maximum absolute atomic E-state index is 4.43. The third kappa shape index (κ3) is 3.25. The summed E-state index contributed by atoms with van der Waals surface area (Å²) in [7, 11) is 0. The minimum atomic E-state index is 0.176. The normalized spacial score (nSPS) is 12.6. The van der Waals surface area contributed by atoms with Crippen molar-refractivity contribution < 1.29 is 0 Å². The van der Waals surface area contributed by atoms with Crippen LogP contribution in [0.4, 0.5) is 0 Å². The number of benzene rings is 1. The van der Waals surface area contributed by atoms with Crippen LogP contribution in [0.25, 0.3) is 0 Å². The molecule has 2 aromatic rings. The SMILES string of the molecule is CCCn1nccc1C(NCC)c1ccccc1Br. The first-order chi connectivity index (χ1) is 9.27. The molecule has 1 heterocycles. The molecule has 0 spiro atoms. The van der Waals surface area contributed by atoms with Crippen molar-refractivity contribution in [3.63, 3.8) is 0 Å². The molecule has 0 amide bonds. The van der Waals surface area contributed by atoms with Gasteiger partial charge in [-0.25, -0.2) is 0 Å². The molecular formula is C15H20BrN3. The van der Waals surface area contributed by atoms with Crippen LogP contribution < -0.4 is 5.32 Å². The van der Waals surface area contributed by atoms with Crippen LogP contribution in [0.1, 0.15) is 37.6 Å². The molecule has 2 rings (SSSR count). The third-order valence-corrected chi connectivity index (χ3v) is 3.83. The monoisotopic (exact) mass is 321 g/mol. The van der Waals surface area contributed by atoms with Gasteiger partial charge < -0.3 is 5.32 Å². The quantitative estimate of drug-likeness (QED) is 0.878. The average molecular weight is 322 g/mol. The zero-order valence-corrected chi connectivity index (χ0v) is 13.0. The van der Waals surface area contributed by atoms with Gasteiger partial charge in [-0.1, -0.05) is 48.0 Å². The molecule has 0 saturated carbocycles. The lowest BCUT2D eigenvalue weighted by atomic mass is 10.0. The Morgan fingerprint density at radius 3 is 2.74 bits per heavy atom. The van der Waals surface area contributed by atoms with E-state index in [1.807, 2.05) is 12.3 Å². The summed E-state index contributed by atoms with van der Waals surface area (Å²) in [6.07, 6.45) is 2.97. The fourth-order valence-electron chi connectivity index (χ4n) is 2.27. The predicted molar refractivity (Wildman–Crippen MR) is 82.2 cm³/mol. The molecule has 0 aliphatic heterocycles. The standard InChI is InChI=1S/C15H20BrN3/c1-3-11-19-14(9-10-18-19)15(17-4-2)12-7-5-6-8-13(12)16/h5-10,15,17H,3-4,11H2,1-2H3. The van der Waals surface area contributed by atoms with Crippen LogP contribution in [0.3, 0.4) is 0 Å². The van der Waals surface area contributed by atoms with Gasteiger partial charge in [0, 0.05) is 17.2 Å². The Balaban J connectivity index is 2.40. The zero-order valence-electron chi connectivity index (χ0n) is 11.4. The number of halogens is 1. The number of nitrogens with one attached hydrogen (secondary N) is 1. The van der Waals surface area contributed by atoms with Gasteiger partial charge in [-0.05, 0) is 30.7 Å². The molecule has 1 aromatic heterocycles. The molecule has 19 heavy (non-hydrogen) atoms. The molecule has 4 heteroatoms. The molecule has 0 saturated heterocycles. The van der Waals surface area contributed by atoms with Crippen LogP contribution in [0, 0.1) is 0 Å². The Hall–Kier alpha value is -1.13. The van der Waals surface area contributed by atoms with E-state index in [0.29, 0.717) is 0 Å². The number of nitrogens with zero attached hydrogens (tertiary/aromatic N) is 2. The highest BCUT2D eigenvalue weighted by Crippen LogP contribution is 2.28. The summed E-state index contributed by atoms with van der Waals surface area (Å²) in [5.74, 6) is 0. The Morgan fingerprint density at radius 1 is 1.26 bits per heavy atom. The maximum Gasteiger partial charge on any atom is 0.0759 e. The highest BCUT2D eigenvalue weighted by molar-refractivity contribution is 9.10. The highest BCUT2D eigenvalue weighted by atomic mass is 79.9. The summed E-state index contributed by atoms with van der Waals surface area (Å²) in [6, 6.07) is 10.6. The minimum absolute atomic E-state index is 0.176. The number of aryl methyl sites for hydroxylation is 1. The van der Waals surface area contributed by atoms with Crippen molar-refractivity contribution in [3.8, 4) is 0 Å². The Kier molecular flexibility index (Phi) is 5.16. The molecule has 1 unspecified atom stereocenters. The van der Waals surface area contributed by atoms with E-state index in [1.54, 1.807) is 0 Å². The second kappa shape index (κ2) is 6.87. The maximum atomic E-state index is 4.43. The van der Waals surface area contributed by atoms with Crippen LogP contribution in [-0.2, 0) is 6.54 Å². The predicted octanol–water partition coefficient (Wildman–Crippen LogP) is 3.75. The first kappa shape index (κ1) is 14.3. The average Bonchev–Trinajstić information content (AvgIpc) is 2.86. The molecule has 3 nitrogen and oxygen atoms in total. The van der Waals surface area contributed by atoms with Crippen molar-refractivity contribution in [1.29, 1.82) is 0 Å². The lowest BCUT2D eigenvalue weighted by Crippen LogP contribution is -2.25. The van der Waals surface area contributed by atoms with Gasteiger partial charge in [0.05, 0.1) is 11.7 Å². The fourth-order valence-corrected chi connectivity index (χ4v) is 2.79. The van der Waals surface area contributed by atoms with Crippen LogP contribution in [0.2, 0.25) is 0 Å². The van der Waals surface area contributed by atoms with Crippen molar-refractivity contribution in [2.75, 3.05) is 6.54 Å². The molecule has 0 bridgehead atoms. The van der Waals surface area contributed by atoms with E-state index in [1.165, 1.54) is 11.3 Å². The van der Waals surface area contributed by atoms with Crippen LogP contribution in [-0.4, -0.2) is 16.3 Å². The minimum Gasteiger partial charge on any atom is -0.305 e. The van der Waals surface area contributed by atoms with Crippen LogP contribution >= 0.6 is 15.9 Å². The molecule has 0 aliphatic carbocycles. The van der Waals surface area contributed by atoms with E-state index < -0.39 is 0 Å². The Labute approximate surface area is 123 Å². The van der Waals surface area contributed by atoms with E-state index in [-0.39, 0.29) is 6.04 Å². The largest absolute Gasteiger partial charge is 0.305 e. The lowest BCUT2D eigenvalue weighted by molar-refractivity contribution is 0.519. The van der Waals surface area contributed by atoms with Gasteiger partial charge in [-0.2, -0.15) is 5.10 Å². The summed E-state index contributed by atoms with van der Waals surface area (Å²) in [5, 5.41) is 7.98. The third-order valence-electron chi connectivity index (χ3n) is 3.11. The van der Waals surface area contributed by atoms with E-state index in [4.69, 9.17) is 0 Å². The Bertz CT molecular complexity index is 522. The van der Waals surface area contributed by atoms with Crippen LogP contribution in [0.5, 0.6) is 0 Å². The van der Waals surface area contributed by atoms with Crippen molar-refractivity contribution in [2.24, 2.45) is 0 Å². The van der Waals surface area contributed by atoms with Gasteiger partial charge >= 0.3 is 0 Å². The van der Waals surface area contributed by atoms with Crippen molar-refractivity contribution in [3.05, 3.63) is 52.3 Å². The van der Waals surface area contributed by atoms with Crippen molar-refractivity contribution >= 4 is 15.9 Å². The number of rotatable bonds is 6. The molecule has 0 radical (unpaired) electrons. The van der Waals surface area contributed by atoms with Gasteiger partial charge in [0.2, 0.25) is 0 Å². The summed E-state index contributed by atoms with van der Waals surface area (Å²) in [4.78, 5) is 0. The van der Waals surface area contributed by atoms with Gasteiger partial charge in [0.25, 0.3) is 0 Å². The molecule has 0 fully saturated rings. The molecule has 1 aromatic carbocycles. The van der Waals surface area contributed by atoms with Crippen molar-refractivity contribution in [1.82, 2.24) is 15.1 Å². The topological polar surface area (TPSA) is 29.9 Å². The smallest absolute Gasteiger partial charge is 0.0759 e. The molecule has 0 aliphatic rings.